The highest BCUT2D eigenvalue weighted by molar-refractivity contribution is 9.10. The lowest BCUT2D eigenvalue weighted by molar-refractivity contribution is 0.393. The van der Waals surface area contributed by atoms with Crippen molar-refractivity contribution in [2.24, 2.45) is 5.73 Å². The summed E-state index contributed by atoms with van der Waals surface area (Å²) in [5.41, 5.74) is 8.19. The van der Waals surface area contributed by atoms with Crippen molar-refractivity contribution in [2.45, 2.75) is 6.04 Å². The molecule has 0 saturated heterocycles. The predicted octanol–water partition coefficient (Wildman–Crippen LogP) is 4.17. The van der Waals surface area contributed by atoms with Crippen LogP contribution in [0.2, 0.25) is 5.02 Å². The van der Waals surface area contributed by atoms with Gasteiger partial charge in [0, 0.05) is 15.6 Å². The Morgan fingerprint density at radius 1 is 1.05 bits per heavy atom. The van der Waals surface area contributed by atoms with E-state index in [1.165, 1.54) is 0 Å². The number of rotatable bonds is 4. The Labute approximate surface area is 131 Å². The number of halogens is 2. The number of hydrogen-bond acceptors (Lipinski definition) is 3. The first-order valence-electron chi connectivity index (χ1n) is 5.98. The molecule has 1 unspecified atom stereocenters. The van der Waals surface area contributed by atoms with E-state index in [1.807, 2.05) is 36.4 Å². The van der Waals surface area contributed by atoms with Gasteiger partial charge < -0.3 is 15.2 Å². The number of methoxy groups -OCH3 is 2. The molecule has 2 N–H and O–H groups in total. The highest BCUT2D eigenvalue weighted by Gasteiger charge is 2.15. The summed E-state index contributed by atoms with van der Waals surface area (Å²) >= 11 is 9.44. The first-order chi connectivity index (χ1) is 9.55. The molecule has 0 aromatic heterocycles. The largest absolute Gasteiger partial charge is 0.497 e. The van der Waals surface area contributed by atoms with Gasteiger partial charge in [-0.2, -0.15) is 0 Å². The van der Waals surface area contributed by atoms with Crippen LogP contribution in [0.4, 0.5) is 0 Å². The first kappa shape index (κ1) is 15.2. The van der Waals surface area contributed by atoms with Crippen LogP contribution < -0.4 is 15.2 Å². The molecule has 2 aromatic carbocycles. The number of nitrogens with two attached hydrogens (primary N) is 1. The average Bonchev–Trinajstić information content (AvgIpc) is 2.46. The summed E-state index contributed by atoms with van der Waals surface area (Å²) in [4.78, 5) is 0. The van der Waals surface area contributed by atoms with Crippen LogP contribution in [0.3, 0.4) is 0 Å². The van der Waals surface area contributed by atoms with Crippen LogP contribution in [0, 0.1) is 0 Å². The third-order valence-electron chi connectivity index (χ3n) is 3.03. The molecule has 0 aliphatic carbocycles. The Hall–Kier alpha value is -1.23. The van der Waals surface area contributed by atoms with Gasteiger partial charge in [0.2, 0.25) is 0 Å². The summed E-state index contributed by atoms with van der Waals surface area (Å²) in [6.45, 7) is 0. The second-order valence-electron chi connectivity index (χ2n) is 4.29. The van der Waals surface area contributed by atoms with Gasteiger partial charge in [-0.3, -0.25) is 0 Å². The standard InChI is InChI=1S/C15H15BrClNO2/c1-19-11-5-9(6-12(8-11)20-2)15(18)13-4-3-10(17)7-14(13)16/h3-8,15H,18H2,1-2H3. The minimum atomic E-state index is -0.300. The van der Waals surface area contributed by atoms with Gasteiger partial charge in [-0.25, -0.2) is 0 Å². The minimum absolute atomic E-state index is 0.300. The molecule has 0 fully saturated rings. The molecule has 0 saturated carbocycles. The quantitative estimate of drug-likeness (QED) is 0.894. The summed E-state index contributed by atoms with van der Waals surface area (Å²) < 4.78 is 11.4. The third-order valence-corrected chi connectivity index (χ3v) is 3.95. The second kappa shape index (κ2) is 6.48. The number of hydrogen-bond donors (Lipinski definition) is 1. The van der Waals surface area contributed by atoms with E-state index in [0.717, 1.165) is 15.6 Å². The molecule has 2 aromatic rings. The summed E-state index contributed by atoms with van der Waals surface area (Å²) in [6.07, 6.45) is 0. The zero-order valence-electron chi connectivity index (χ0n) is 11.2. The molecule has 0 aliphatic rings. The van der Waals surface area contributed by atoms with Gasteiger partial charge in [0.25, 0.3) is 0 Å². The van der Waals surface area contributed by atoms with E-state index in [0.29, 0.717) is 16.5 Å². The zero-order chi connectivity index (χ0) is 14.7. The lowest BCUT2D eigenvalue weighted by Gasteiger charge is -2.16. The van der Waals surface area contributed by atoms with Gasteiger partial charge in [-0.1, -0.05) is 33.6 Å². The van der Waals surface area contributed by atoms with Crippen LogP contribution in [-0.2, 0) is 0 Å². The molecule has 5 heteroatoms. The van der Waals surface area contributed by atoms with Crippen LogP contribution in [-0.4, -0.2) is 14.2 Å². The minimum Gasteiger partial charge on any atom is -0.497 e. The Balaban J connectivity index is 2.44. The van der Waals surface area contributed by atoms with Crippen LogP contribution in [0.1, 0.15) is 17.2 Å². The maximum atomic E-state index is 6.33. The molecule has 0 amide bonds. The molecule has 0 radical (unpaired) electrons. The van der Waals surface area contributed by atoms with Gasteiger partial charge in [0.15, 0.2) is 0 Å². The van der Waals surface area contributed by atoms with Crippen molar-refractivity contribution in [2.75, 3.05) is 14.2 Å². The molecule has 0 bridgehead atoms. The van der Waals surface area contributed by atoms with E-state index >= 15 is 0 Å². The first-order valence-corrected chi connectivity index (χ1v) is 7.15. The summed E-state index contributed by atoms with van der Waals surface area (Å²) in [7, 11) is 3.23. The zero-order valence-corrected chi connectivity index (χ0v) is 13.5. The van der Waals surface area contributed by atoms with Crippen LogP contribution in [0.25, 0.3) is 0 Å². The molecule has 3 nitrogen and oxygen atoms in total. The fourth-order valence-corrected chi connectivity index (χ4v) is 2.87. The molecule has 0 heterocycles. The van der Waals surface area contributed by atoms with E-state index < -0.39 is 0 Å². The molecule has 20 heavy (non-hydrogen) atoms. The Morgan fingerprint density at radius 2 is 1.65 bits per heavy atom. The molecule has 0 aliphatic heterocycles. The Kier molecular flexibility index (Phi) is 4.91. The molecule has 106 valence electrons. The highest BCUT2D eigenvalue weighted by Crippen LogP contribution is 2.32. The van der Waals surface area contributed by atoms with Gasteiger partial charge >= 0.3 is 0 Å². The van der Waals surface area contributed by atoms with Crippen molar-refractivity contribution in [3.8, 4) is 11.5 Å². The molecule has 2 rings (SSSR count). The average molecular weight is 357 g/mol. The monoisotopic (exact) mass is 355 g/mol. The van der Waals surface area contributed by atoms with Gasteiger partial charge in [-0.15, -0.1) is 0 Å². The molecule has 0 spiro atoms. The molecular formula is C15H15BrClNO2. The smallest absolute Gasteiger partial charge is 0.122 e. The summed E-state index contributed by atoms with van der Waals surface area (Å²) in [5, 5.41) is 0.663. The van der Waals surface area contributed by atoms with Crippen molar-refractivity contribution >= 4 is 27.5 Å². The van der Waals surface area contributed by atoms with Gasteiger partial charge in [0.05, 0.1) is 20.3 Å². The lowest BCUT2D eigenvalue weighted by atomic mass is 9.99. The molecular weight excluding hydrogens is 342 g/mol. The van der Waals surface area contributed by atoms with Gasteiger partial charge in [-0.05, 0) is 35.4 Å². The van der Waals surface area contributed by atoms with Crippen molar-refractivity contribution in [1.82, 2.24) is 0 Å². The predicted molar refractivity (Wildman–Crippen MR) is 84.7 cm³/mol. The van der Waals surface area contributed by atoms with Crippen LogP contribution >= 0.6 is 27.5 Å². The van der Waals surface area contributed by atoms with Crippen LogP contribution in [0.15, 0.2) is 40.9 Å². The summed E-state index contributed by atoms with van der Waals surface area (Å²) in [5.74, 6) is 1.42. The SMILES string of the molecule is COc1cc(OC)cc(C(N)c2ccc(Cl)cc2Br)c1. The van der Waals surface area contributed by atoms with Crippen molar-refractivity contribution in [3.05, 3.63) is 57.0 Å². The normalized spacial score (nSPS) is 12.1. The molecule has 1 atom stereocenters. The van der Waals surface area contributed by atoms with Gasteiger partial charge in [0.1, 0.15) is 11.5 Å². The van der Waals surface area contributed by atoms with E-state index in [1.54, 1.807) is 14.2 Å². The highest BCUT2D eigenvalue weighted by atomic mass is 79.9. The lowest BCUT2D eigenvalue weighted by Crippen LogP contribution is -2.12. The Morgan fingerprint density at radius 3 is 2.15 bits per heavy atom. The fraction of sp³-hybridized carbons (Fsp3) is 0.200. The maximum absolute atomic E-state index is 6.33. The third kappa shape index (κ3) is 3.26. The summed E-state index contributed by atoms with van der Waals surface area (Å²) in [6, 6.07) is 10.9. The maximum Gasteiger partial charge on any atom is 0.122 e. The topological polar surface area (TPSA) is 44.5 Å². The van der Waals surface area contributed by atoms with E-state index in [-0.39, 0.29) is 6.04 Å². The van der Waals surface area contributed by atoms with E-state index in [9.17, 15) is 0 Å². The number of ether oxygens (including phenoxy) is 2. The second-order valence-corrected chi connectivity index (χ2v) is 5.58. The van der Waals surface area contributed by atoms with E-state index in [2.05, 4.69) is 15.9 Å². The van der Waals surface area contributed by atoms with Crippen molar-refractivity contribution in [3.63, 3.8) is 0 Å². The van der Waals surface area contributed by atoms with Crippen molar-refractivity contribution < 1.29 is 9.47 Å². The fourth-order valence-electron chi connectivity index (χ4n) is 1.94. The van der Waals surface area contributed by atoms with E-state index in [4.69, 9.17) is 26.8 Å². The Bertz CT molecular complexity index is 597. The van der Waals surface area contributed by atoms with Crippen molar-refractivity contribution in [1.29, 1.82) is 0 Å². The number of benzene rings is 2. The van der Waals surface area contributed by atoms with Crippen LogP contribution in [0.5, 0.6) is 11.5 Å².